The van der Waals surface area contributed by atoms with Crippen molar-refractivity contribution in [3.8, 4) is 23.5 Å². The van der Waals surface area contributed by atoms with Crippen molar-refractivity contribution in [2.45, 2.75) is 84.5 Å². The van der Waals surface area contributed by atoms with E-state index in [1.807, 2.05) is 0 Å². The number of benzene rings is 2. The number of aryl methyl sites for hydroxylation is 2. The van der Waals surface area contributed by atoms with E-state index in [1.54, 1.807) is 13.8 Å². The Morgan fingerprint density at radius 2 is 1.69 bits per heavy atom. The van der Waals surface area contributed by atoms with Gasteiger partial charge in [0.25, 0.3) is 5.56 Å². The van der Waals surface area contributed by atoms with Crippen molar-refractivity contribution in [2.75, 3.05) is 19.6 Å². The average Bonchev–Trinajstić information content (AvgIpc) is 3.67. The molecule has 3 aromatic rings. The standard InChI is InChI=1S/C39H41F6N3O4/c1-6-24-16-28(41)35(36(42)34(24)33-22(4)14-26(40)15-23(33)5)29(18-32(50)51)46-37(52)30(13-21(2)3)48-19-25(27(17-31(48)49)39(43,44)45)7-11-47-12-10-38(20-47)8-9-38/h1,14-17,19,21,29-30H,7-13,18,20H2,2-5H3,(H,46,52)(H,50,51). The number of carbonyl (C=O) groups excluding carboxylic acids is 1. The fraction of sp³-hybridized carbons (Fsp3) is 0.462. The Kier molecular flexibility index (Phi) is 11.0. The molecule has 1 saturated carbocycles. The molecule has 13 heteroatoms. The number of nitrogens with one attached hydrogen (secondary N) is 1. The van der Waals surface area contributed by atoms with E-state index in [9.17, 15) is 37.1 Å². The molecule has 52 heavy (non-hydrogen) atoms. The Morgan fingerprint density at radius 1 is 1.04 bits per heavy atom. The van der Waals surface area contributed by atoms with Gasteiger partial charge in [-0.1, -0.05) is 19.8 Å². The van der Waals surface area contributed by atoms with Gasteiger partial charge in [-0.15, -0.1) is 6.42 Å². The summed E-state index contributed by atoms with van der Waals surface area (Å²) in [7, 11) is 0. The highest BCUT2D eigenvalue weighted by molar-refractivity contribution is 5.83. The number of nitrogens with zero attached hydrogens (tertiary/aromatic N) is 2. The predicted octanol–water partition coefficient (Wildman–Crippen LogP) is 7.50. The third kappa shape index (κ3) is 8.22. The lowest BCUT2D eigenvalue weighted by Crippen LogP contribution is -2.41. The SMILES string of the molecule is C#Cc1cc(F)c(C(CC(=O)O)NC(=O)C(CC(C)C)n2cc(CCN3CCC4(CC4)C3)c(C(F)(F)F)cc2=O)c(F)c1-c1c(C)cc(F)cc1C. The van der Waals surface area contributed by atoms with Gasteiger partial charge in [-0.2, -0.15) is 13.2 Å². The number of rotatable bonds is 12. The van der Waals surface area contributed by atoms with Crippen LogP contribution in [0.15, 0.2) is 35.3 Å². The van der Waals surface area contributed by atoms with E-state index in [0.29, 0.717) is 12.6 Å². The van der Waals surface area contributed by atoms with Crippen LogP contribution in [0.25, 0.3) is 11.1 Å². The van der Waals surface area contributed by atoms with E-state index in [4.69, 9.17) is 6.42 Å². The van der Waals surface area contributed by atoms with Crippen molar-refractivity contribution in [2.24, 2.45) is 11.3 Å². The van der Waals surface area contributed by atoms with Crippen LogP contribution in [0.1, 0.15) is 91.4 Å². The number of amides is 1. The Balaban J connectivity index is 1.56. The molecule has 1 aromatic heterocycles. The molecule has 1 spiro atoms. The summed E-state index contributed by atoms with van der Waals surface area (Å²) in [6.07, 6.45) is 3.80. The maximum Gasteiger partial charge on any atom is 0.416 e. The van der Waals surface area contributed by atoms with Crippen molar-refractivity contribution in [1.29, 1.82) is 0 Å². The number of terminal acetylenes is 1. The molecule has 1 saturated heterocycles. The van der Waals surface area contributed by atoms with Crippen LogP contribution in [0, 0.1) is 55.0 Å². The molecule has 1 amide bonds. The number of hydrogen-bond donors (Lipinski definition) is 2. The highest BCUT2D eigenvalue weighted by Crippen LogP contribution is 2.52. The molecule has 2 heterocycles. The second-order valence-corrected chi connectivity index (χ2v) is 14.6. The molecule has 2 unspecified atom stereocenters. The average molecular weight is 730 g/mol. The molecule has 0 bridgehead atoms. The molecule has 2 N–H and O–H groups in total. The second-order valence-electron chi connectivity index (χ2n) is 14.6. The molecular weight excluding hydrogens is 688 g/mol. The van der Waals surface area contributed by atoms with E-state index >= 15 is 8.78 Å². The Morgan fingerprint density at radius 3 is 2.23 bits per heavy atom. The molecule has 1 aliphatic carbocycles. The summed E-state index contributed by atoms with van der Waals surface area (Å²) in [5, 5.41) is 12.2. The molecular formula is C39H41F6N3O4. The lowest BCUT2D eigenvalue weighted by atomic mass is 9.88. The van der Waals surface area contributed by atoms with Gasteiger partial charge in [0.1, 0.15) is 23.5 Å². The van der Waals surface area contributed by atoms with Crippen LogP contribution in [0.2, 0.25) is 0 Å². The molecule has 2 fully saturated rings. The smallest absolute Gasteiger partial charge is 0.416 e. The Labute approximate surface area is 298 Å². The zero-order valence-corrected chi connectivity index (χ0v) is 29.4. The van der Waals surface area contributed by atoms with Gasteiger partial charge in [0.05, 0.1) is 18.0 Å². The minimum atomic E-state index is -4.85. The lowest BCUT2D eigenvalue weighted by Gasteiger charge is -2.27. The summed E-state index contributed by atoms with van der Waals surface area (Å²) in [5.41, 5.74) is -2.88. The van der Waals surface area contributed by atoms with Gasteiger partial charge < -0.3 is 19.9 Å². The van der Waals surface area contributed by atoms with Gasteiger partial charge in [0.2, 0.25) is 5.91 Å². The molecule has 7 nitrogen and oxygen atoms in total. The molecule has 1 aliphatic heterocycles. The number of carbonyl (C=O) groups is 2. The van der Waals surface area contributed by atoms with Crippen LogP contribution < -0.4 is 10.9 Å². The normalized spacial score (nSPS) is 16.6. The first-order valence-electron chi connectivity index (χ1n) is 17.2. The maximum absolute atomic E-state index is 16.6. The fourth-order valence-electron chi connectivity index (χ4n) is 7.46. The number of carboxylic acids is 1. The van der Waals surface area contributed by atoms with Crippen molar-refractivity contribution in [3.05, 3.63) is 91.6 Å². The number of alkyl halides is 3. The van der Waals surface area contributed by atoms with Gasteiger partial charge in [-0.25, -0.2) is 13.2 Å². The van der Waals surface area contributed by atoms with Crippen molar-refractivity contribution >= 4 is 11.9 Å². The number of pyridine rings is 1. The third-order valence-corrected chi connectivity index (χ3v) is 10.2. The zero-order valence-electron chi connectivity index (χ0n) is 29.4. The van der Waals surface area contributed by atoms with Gasteiger partial charge in [-0.05, 0) is 104 Å². The maximum atomic E-state index is 16.6. The van der Waals surface area contributed by atoms with E-state index < -0.39 is 70.7 Å². The van der Waals surface area contributed by atoms with Crippen LogP contribution in [-0.4, -0.2) is 46.1 Å². The number of carboxylic acid groups (broad SMARTS) is 1. The van der Waals surface area contributed by atoms with Crippen LogP contribution >= 0.6 is 0 Å². The Bertz CT molecular complexity index is 1970. The van der Waals surface area contributed by atoms with Crippen LogP contribution in [0.5, 0.6) is 0 Å². The molecule has 5 rings (SSSR count). The first-order valence-corrected chi connectivity index (χ1v) is 17.2. The summed E-state index contributed by atoms with van der Waals surface area (Å²) < 4.78 is 90.0. The quantitative estimate of drug-likeness (QED) is 0.149. The fourth-order valence-corrected chi connectivity index (χ4v) is 7.46. The molecule has 278 valence electrons. The summed E-state index contributed by atoms with van der Waals surface area (Å²) >= 11 is 0. The minimum absolute atomic E-state index is 0.0498. The lowest BCUT2D eigenvalue weighted by molar-refractivity contribution is -0.139. The van der Waals surface area contributed by atoms with Gasteiger partial charge in [-0.3, -0.25) is 14.4 Å². The van der Waals surface area contributed by atoms with Gasteiger partial charge in [0, 0.05) is 42.0 Å². The van der Waals surface area contributed by atoms with Gasteiger partial charge in [0.15, 0.2) is 0 Å². The van der Waals surface area contributed by atoms with Crippen LogP contribution in [-0.2, 0) is 22.2 Å². The van der Waals surface area contributed by atoms with Crippen LogP contribution in [0.4, 0.5) is 26.3 Å². The number of aliphatic carboxylic acids is 1. The van der Waals surface area contributed by atoms with Crippen molar-refractivity contribution in [3.63, 3.8) is 0 Å². The molecule has 0 radical (unpaired) electrons. The monoisotopic (exact) mass is 729 g/mol. The second kappa shape index (κ2) is 14.8. The highest BCUT2D eigenvalue weighted by atomic mass is 19.4. The van der Waals surface area contributed by atoms with E-state index in [2.05, 4.69) is 16.1 Å². The molecule has 2 aliphatic rings. The zero-order chi connectivity index (χ0) is 38.3. The summed E-state index contributed by atoms with van der Waals surface area (Å²) in [6.45, 7) is 8.26. The van der Waals surface area contributed by atoms with Crippen LogP contribution in [0.3, 0.4) is 0 Å². The summed E-state index contributed by atoms with van der Waals surface area (Å²) in [4.78, 5) is 41.5. The van der Waals surface area contributed by atoms with Crippen molar-refractivity contribution < 1.29 is 41.0 Å². The number of halogens is 6. The highest BCUT2D eigenvalue weighted by Gasteiger charge is 2.47. The number of hydrogen-bond acceptors (Lipinski definition) is 4. The van der Waals surface area contributed by atoms with E-state index in [0.717, 1.165) is 61.3 Å². The third-order valence-electron chi connectivity index (χ3n) is 10.2. The number of aromatic nitrogens is 1. The topological polar surface area (TPSA) is 91.6 Å². The molecule has 2 atom stereocenters. The van der Waals surface area contributed by atoms with E-state index in [-0.39, 0.29) is 57.6 Å². The summed E-state index contributed by atoms with van der Waals surface area (Å²) in [5.74, 6) is -3.80. The first kappa shape index (κ1) is 38.7. The predicted molar refractivity (Wildman–Crippen MR) is 183 cm³/mol. The number of likely N-dealkylation sites (tertiary alicyclic amines) is 1. The van der Waals surface area contributed by atoms with Crippen molar-refractivity contribution in [1.82, 2.24) is 14.8 Å². The first-order chi connectivity index (χ1) is 24.3. The Hall–Kier alpha value is -4.57. The molecule has 2 aromatic carbocycles. The van der Waals surface area contributed by atoms with E-state index in [1.165, 1.54) is 13.8 Å². The summed E-state index contributed by atoms with van der Waals surface area (Å²) in [6, 6.07) is 0.213. The largest absolute Gasteiger partial charge is 0.481 e. The minimum Gasteiger partial charge on any atom is -0.481 e. The van der Waals surface area contributed by atoms with Gasteiger partial charge >= 0.3 is 12.1 Å².